The molecular formula is C21H24N2O4. The first-order valence-electron chi connectivity index (χ1n) is 9.10. The summed E-state index contributed by atoms with van der Waals surface area (Å²) in [5, 5.41) is 3.94. The van der Waals surface area contributed by atoms with E-state index in [0.29, 0.717) is 23.2 Å². The van der Waals surface area contributed by atoms with E-state index in [4.69, 9.17) is 14.2 Å². The SMILES string of the molecule is CCC[C@@H](C)c1ccc(OCC(=O)N/N=C\c2ccc3c(c2)OCO3)cc1. The smallest absolute Gasteiger partial charge is 0.277 e. The summed E-state index contributed by atoms with van der Waals surface area (Å²) in [7, 11) is 0. The molecule has 0 spiro atoms. The maximum absolute atomic E-state index is 11.9. The molecule has 1 aliphatic rings. The Morgan fingerprint density at radius 2 is 2.00 bits per heavy atom. The average molecular weight is 368 g/mol. The lowest BCUT2D eigenvalue weighted by molar-refractivity contribution is -0.123. The van der Waals surface area contributed by atoms with Crippen molar-refractivity contribution in [1.29, 1.82) is 0 Å². The Morgan fingerprint density at radius 3 is 2.78 bits per heavy atom. The molecule has 2 aromatic carbocycles. The molecule has 27 heavy (non-hydrogen) atoms. The topological polar surface area (TPSA) is 69.2 Å². The third-order valence-electron chi connectivity index (χ3n) is 4.34. The number of ether oxygens (including phenoxy) is 3. The highest BCUT2D eigenvalue weighted by Gasteiger charge is 2.12. The summed E-state index contributed by atoms with van der Waals surface area (Å²) in [5.41, 5.74) is 4.53. The number of nitrogens with one attached hydrogen (secondary N) is 1. The van der Waals surface area contributed by atoms with Gasteiger partial charge in [0.05, 0.1) is 6.21 Å². The maximum atomic E-state index is 11.9. The molecule has 0 saturated heterocycles. The van der Waals surface area contributed by atoms with Gasteiger partial charge < -0.3 is 14.2 Å². The molecule has 1 amide bonds. The summed E-state index contributed by atoms with van der Waals surface area (Å²) in [6.07, 6.45) is 3.86. The first-order valence-corrected chi connectivity index (χ1v) is 9.10. The molecule has 0 radical (unpaired) electrons. The largest absolute Gasteiger partial charge is 0.484 e. The second-order valence-corrected chi connectivity index (χ2v) is 6.45. The van der Waals surface area contributed by atoms with E-state index < -0.39 is 0 Å². The summed E-state index contributed by atoms with van der Waals surface area (Å²) in [5.74, 6) is 2.25. The second kappa shape index (κ2) is 9.07. The molecule has 0 aromatic heterocycles. The third-order valence-corrected chi connectivity index (χ3v) is 4.34. The monoisotopic (exact) mass is 368 g/mol. The van der Waals surface area contributed by atoms with Crippen molar-refractivity contribution in [1.82, 2.24) is 5.43 Å². The number of fused-ring (bicyclic) bond motifs is 1. The van der Waals surface area contributed by atoms with Crippen LogP contribution in [0, 0.1) is 0 Å². The van der Waals surface area contributed by atoms with E-state index in [-0.39, 0.29) is 19.3 Å². The predicted octanol–water partition coefficient (Wildman–Crippen LogP) is 3.85. The van der Waals surface area contributed by atoms with Gasteiger partial charge >= 0.3 is 0 Å². The first-order chi connectivity index (χ1) is 13.2. The van der Waals surface area contributed by atoms with Gasteiger partial charge in [-0.1, -0.05) is 32.4 Å². The highest BCUT2D eigenvalue weighted by molar-refractivity contribution is 5.83. The van der Waals surface area contributed by atoms with Gasteiger partial charge in [-0.15, -0.1) is 0 Å². The molecule has 3 rings (SSSR count). The number of carbonyl (C=O) groups is 1. The normalized spacial score (nSPS) is 13.6. The molecule has 0 fully saturated rings. The van der Waals surface area contributed by atoms with Gasteiger partial charge in [-0.25, -0.2) is 5.43 Å². The molecule has 0 aliphatic carbocycles. The molecule has 1 aliphatic heterocycles. The molecule has 6 nitrogen and oxygen atoms in total. The van der Waals surface area contributed by atoms with Gasteiger partial charge in [-0.3, -0.25) is 4.79 Å². The highest BCUT2D eigenvalue weighted by atomic mass is 16.7. The molecule has 0 bridgehead atoms. The van der Waals surface area contributed by atoms with Crippen LogP contribution in [0.2, 0.25) is 0 Å². The number of hydrogen-bond acceptors (Lipinski definition) is 5. The summed E-state index contributed by atoms with van der Waals surface area (Å²) in [6.45, 7) is 4.53. The van der Waals surface area contributed by atoms with Crippen molar-refractivity contribution in [3.63, 3.8) is 0 Å². The van der Waals surface area contributed by atoms with Crippen LogP contribution in [0.1, 0.15) is 43.7 Å². The Balaban J connectivity index is 1.44. The predicted molar refractivity (Wildman–Crippen MR) is 104 cm³/mol. The number of amides is 1. The molecule has 142 valence electrons. The van der Waals surface area contributed by atoms with Crippen molar-refractivity contribution in [3.05, 3.63) is 53.6 Å². The number of hydrogen-bond donors (Lipinski definition) is 1. The van der Waals surface area contributed by atoms with Crippen LogP contribution < -0.4 is 19.6 Å². The Bertz CT molecular complexity index is 802. The Morgan fingerprint density at radius 1 is 1.22 bits per heavy atom. The highest BCUT2D eigenvalue weighted by Crippen LogP contribution is 2.31. The lowest BCUT2D eigenvalue weighted by atomic mass is 9.97. The second-order valence-electron chi connectivity index (χ2n) is 6.45. The molecule has 6 heteroatoms. The quantitative estimate of drug-likeness (QED) is 0.568. The van der Waals surface area contributed by atoms with Crippen LogP contribution in [-0.4, -0.2) is 25.5 Å². The third kappa shape index (κ3) is 5.23. The van der Waals surface area contributed by atoms with Crippen molar-refractivity contribution < 1.29 is 19.0 Å². The summed E-state index contributed by atoms with van der Waals surface area (Å²) >= 11 is 0. The Labute approximate surface area is 159 Å². The number of benzene rings is 2. The summed E-state index contributed by atoms with van der Waals surface area (Å²) in [4.78, 5) is 11.9. The van der Waals surface area contributed by atoms with E-state index in [2.05, 4.69) is 24.4 Å². The van der Waals surface area contributed by atoms with Crippen molar-refractivity contribution in [3.8, 4) is 17.2 Å². The minimum absolute atomic E-state index is 0.0949. The van der Waals surface area contributed by atoms with Gasteiger partial charge in [-0.2, -0.15) is 5.10 Å². The van der Waals surface area contributed by atoms with Crippen LogP contribution in [0.5, 0.6) is 17.2 Å². The van der Waals surface area contributed by atoms with Crippen LogP contribution in [0.3, 0.4) is 0 Å². The Hall–Kier alpha value is -3.02. The fourth-order valence-corrected chi connectivity index (χ4v) is 2.85. The maximum Gasteiger partial charge on any atom is 0.277 e. The van der Waals surface area contributed by atoms with Gasteiger partial charge in [0, 0.05) is 0 Å². The number of nitrogens with zero attached hydrogens (tertiary/aromatic N) is 1. The fourth-order valence-electron chi connectivity index (χ4n) is 2.85. The minimum Gasteiger partial charge on any atom is -0.484 e. The van der Waals surface area contributed by atoms with Crippen molar-refractivity contribution >= 4 is 12.1 Å². The van der Waals surface area contributed by atoms with E-state index in [0.717, 1.165) is 18.4 Å². The fraction of sp³-hybridized carbons (Fsp3) is 0.333. The van der Waals surface area contributed by atoms with Crippen LogP contribution in [0.15, 0.2) is 47.6 Å². The van der Waals surface area contributed by atoms with Crippen LogP contribution in [0.4, 0.5) is 0 Å². The van der Waals surface area contributed by atoms with Crippen LogP contribution >= 0.6 is 0 Å². The minimum atomic E-state index is -0.324. The van der Waals surface area contributed by atoms with E-state index in [1.54, 1.807) is 18.3 Å². The van der Waals surface area contributed by atoms with Gasteiger partial charge in [0.1, 0.15) is 5.75 Å². The standard InChI is InChI=1S/C21H24N2O4/c1-3-4-15(2)17-6-8-18(9-7-17)25-13-21(24)23-22-12-16-5-10-19-20(11-16)27-14-26-19/h5-12,15H,3-4,13-14H2,1-2H3,(H,23,24)/b22-12-/t15-/m1/s1. The average Bonchev–Trinajstić information content (AvgIpc) is 3.15. The van der Waals surface area contributed by atoms with E-state index in [9.17, 15) is 4.79 Å². The molecular weight excluding hydrogens is 344 g/mol. The van der Waals surface area contributed by atoms with Crippen LogP contribution in [0.25, 0.3) is 0 Å². The van der Waals surface area contributed by atoms with Crippen molar-refractivity contribution in [2.75, 3.05) is 13.4 Å². The molecule has 2 aromatic rings. The summed E-state index contributed by atoms with van der Waals surface area (Å²) in [6, 6.07) is 13.3. The number of carbonyl (C=O) groups excluding carboxylic acids is 1. The molecule has 1 N–H and O–H groups in total. The van der Waals surface area contributed by atoms with Gasteiger partial charge in [0.2, 0.25) is 6.79 Å². The van der Waals surface area contributed by atoms with Gasteiger partial charge in [0.25, 0.3) is 5.91 Å². The zero-order valence-electron chi connectivity index (χ0n) is 15.6. The van der Waals surface area contributed by atoms with Crippen LogP contribution in [-0.2, 0) is 4.79 Å². The van der Waals surface area contributed by atoms with Gasteiger partial charge in [0.15, 0.2) is 18.1 Å². The van der Waals surface area contributed by atoms with Crippen molar-refractivity contribution in [2.45, 2.75) is 32.6 Å². The molecule has 0 saturated carbocycles. The van der Waals surface area contributed by atoms with E-state index >= 15 is 0 Å². The summed E-state index contributed by atoms with van der Waals surface area (Å²) < 4.78 is 16.1. The number of rotatable bonds is 8. The molecule has 0 unspecified atom stereocenters. The zero-order valence-corrected chi connectivity index (χ0v) is 15.6. The van der Waals surface area contributed by atoms with Gasteiger partial charge in [-0.05, 0) is 53.8 Å². The molecule has 1 atom stereocenters. The molecule has 1 heterocycles. The number of hydrazone groups is 1. The first kappa shape index (κ1) is 18.8. The lowest BCUT2D eigenvalue weighted by Crippen LogP contribution is -2.24. The van der Waals surface area contributed by atoms with Crippen molar-refractivity contribution in [2.24, 2.45) is 5.10 Å². The zero-order chi connectivity index (χ0) is 19.1. The van der Waals surface area contributed by atoms with E-state index in [1.165, 1.54) is 5.56 Å². The lowest BCUT2D eigenvalue weighted by Gasteiger charge is -2.11. The van der Waals surface area contributed by atoms with E-state index in [1.807, 2.05) is 30.3 Å². The Kier molecular flexibility index (Phi) is 6.30.